The molecule has 0 aliphatic heterocycles. The largest absolute Gasteiger partial charge is 0.346 e. The fourth-order valence-electron chi connectivity index (χ4n) is 0. The van der Waals surface area contributed by atoms with Crippen LogP contribution in [0.15, 0.2) is 0 Å². The molecule has 40 valence electrons. The molecule has 0 rings (SSSR count). The third-order valence-corrected chi connectivity index (χ3v) is 0. The van der Waals surface area contributed by atoms with E-state index in [0.717, 1.165) is 0 Å². The van der Waals surface area contributed by atoms with Crippen LogP contribution in [0.4, 0.5) is 0 Å². The standard InChI is InChI=1S/C3H7.C2H5.2Y/c1-3-2;1-2;;/h3H,1-2H3;1H2,2H3;;/q2*-1;;. The van der Waals surface area contributed by atoms with Gasteiger partial charge in [0.1, 0.15) is 0 Å². The first kappa shape index (κ1) is 22.9. The van der Waals surface area contributed by atoms with Gasteiger partial charge in [0.05, 0.1) is 0 Å². The maximum atomic E-state index is 3.25. The van der Waals surface area contributed by atoms with E-state index in [1.54, 1.807) is 6.92 Å². The average molecular weight is 250 g/mol. The van der Waals surface area contributed by atoms with E-state index in [1.165, 1.54) is 0 Å². The zero-order chi connectivity index (χ0) is 4.71. The first-order chi connectivity index (χ1) is 2.41. The maximum absolute atomic E-state index is 3.25. The molecular formula is C5H12Y2-2. The molecule has 0 N–H and O–H groups in total. The second-order valence-corrected chi connectivity index (χ2v) is 0.577. The number of rotatable bonds is 0. The van der Waals surface area contributed by atoms with Gasteiger partial charge in [-0.25, -0.2) is 0 Å². The van der Waals surface area contributed by atoms with Crippen LogP contribution in [0.2, 0.25) is 0 Å². The Morgan fingerprint density at radius 3 is 1.00 bits per heavy atom. The molecule has 0 saturated carbocycles. The zero-order valence-electron chi connectivity index (χ0n) is 5.44. The number of hydrogen-bond acceptors (Lipinski definition) is 0. The predicted octanol–water partition coefficient (Wildman–Crippen LogP) is 2.07. The van der Waals surface area contributed by atoms with E-state index in [2.05, 4.69) is 6.92 Å². The van der Waals surface area contributed by atoms with Crippen LogP contribution < -0.4 is 0 Å². The maximum Gasteiger partial charge on any atom is 0 e. The third kappa shape index (κ3) is 64.9. The Morgan fingerprint density at radius 1 is 1.00 bits per heavy atom. The smallest absolute Gasteiger partial charge is 0 e. The second kappa shape index (κ2) is 41.4. The van der Waals surface area contributed by atoms with Gasteiger partial charge in [0.2, 0.25) is 0 Å². The summed E-state index contributed by atoms with van der Waals surface area (Å²) in [6.07, 6.45) is 2.00. The van der Waals surface area contributed by atoms with Gasteiger partial charge in [0.25, 0.3) is 0 Å². The quantitative estimate of drug-likeness (QED) is 0.577. The van der Waals surface area contributed by atoms with E-state index in [1.807, 2.05) is 20.3 Å². The minimum atomic E-state index is 0. The van der Waals surface area contributed by atoms with Crippen molar-refractivity contribution in [3.8, 4) is 0 Å². The normalized spacial score (nSPS) is 3.43. The summed E-state index contributed by atoms with van der Waals surface area (Å²) in [5, 5.41) is 0. The first-order valence-corrected chi connectivity index (χ1v) is 1.86. The summed E-state index contributed by atoms with van der Waals surface area (Å²) in [7, 11) is 0. The van der Waals surface area contributed by atoms with Gasteiger partial charge in [-0.2, -0.15) is 20.8 Å². The fourth-order valence-corrected chi connectivity index (χ4v) is 0. The van der Waals surface area contributed by atoms with Crippen LogP contribution in [0.3, 0.4) is 0 Å². The van der Waals surface area contributed by atoms with Gasteiger partial charge in [-0.15, -0.1) is 0 Å². The zero-order valence-corrected chi connectivity index (χ0v) is 11.1. The van der Waals surface area contributed by atoms with Crippen molar-refractivity contribution in [3.05, 3.63) is 13.3 Å². The molecule has 7 heavy (non-hydrogen) atoms. The van der Waals surface area contributed by atoms with Crippen molar-refractivity contribution in [2.75, 3.05) is 0 Å². The van der Waals surface area contributed by atoms with Gasteiger partial charge in [0, 0.05) is 65.4 Å². The van der Waals surface area contributed by atoms with Crippen molar-refractivity contribution in [2.24, 2.45) is 0 Å². The van der Waals surface area contributed by atoms with Crippen molar-refractivity contribution >= 4 is 0 Å². The van der Waals surface area contributed by atoms with Crippen LogP contribution in [0, 0.1) is 13.3 Å². The molecule has 0 aliphatic rings. The minimum Gasteiger partial charge on any atom is -0.346 e. The Morgan fingerprint density at radius 2 is 1.00 bits per heavy atom. The molecule has 2 heteroatoms. The summed E-state index contributed by atoms with van der Waals surface area (Å²) < 4.78 is 0. The van der Waals surface area contributed by atoms with Crippen molar-refractivity contribution < 1.29 is 65.4 Å². The second-order valence-electron chi connectivity index (χ2n) is 0.577. The van der Waals surface area contributed by atoms with E-state index >= 15 is 0 Å². The van der Waals surface area contributed by atoms with E-state index < -0.39 is 0 Å². The summed E-state index contributed by atoms with van der Waals surface area (Å²) in [5.74, 6) is 0. The van der Waals surface area contributed by atoms with Gasteiger partial charge in [-0.3, -0.25) is 0 Å². The molecule has 2 radical (unpaired) electrons. The average Bonchev–Trinajstić information content (AvgIpc) is 1.46. The Labute approximate surface area is 98.0 Å². The van der Waals surface area contributed by atoms with E-state index in [0.29, 0.717) is 0 Å². The van der Waals surface area contributed by atoms with Crippen LogP contribution in [-0.4, -0.2) is 0 Å². The molecule has 0 aromatic rings. The van der Waals surface area contributed by atoms with Gasteiger partial charge in [0.15, 0.2) is 0 Å². The molecule has 0 aromatic heterocycles. The number of hydrogen-bond donors (Lipinski definition) is 0. The van der Waals surface area contributed by atoms with Crippen LogP contribution in [0.5, 0.6) is 0 Å². The molecule has 0 bridgehead atoms. The van der Waals surface area contributed by atoms with E-state index in [4.69, 9.17) is 0 Å². The summed E-state index contributed by atoms with van der Waals surface area (Å²) in [4.78, 5) is 0. The monoisotopic (exact) mass is 250 g/mol. The molecule has 0 aliphatic carbocycles. The van der Waals surface area contributed by atoms with Crippen LogP contribution in [-0.2, 0) is 65.4 Å². The van der Waals surface area contributed by atoms with E-state index in [-0.39, 0.29) is 65.4 Å². The molecule has 0 fully saturated rings. The van der Waals surface area contributed by atoms with Crippen molar-refractivity contribution in [2.45, 2.75) is 20.8 Å². The van der Waals surface area contributed by atoms with Gasteiger partial charge >= 0.3 is 0 Å². The summed E-state index contributed by atoms with van der Waals surface area (Å²) in [5.41, 5.74) is 0. The molecule has 0 unspecified atom stereocenters. The molecule has 0 amide bonds. The van der Waals surface area contributed by atoms with Crippen molar-refractivity contribution in [1.29, 1.82) is 0 Å². The minimum absolute atomic E-state index is 0. The molecule has 0 saturated heterocycles. The Bertz CT molecular complexity index is 6.04. The van der Waals surface area contributed by atoms with Crippen molar-refractivity contribution in [3.63, 3.8) is 0 Å². The fraction of sp³-hybridized carbons (Fsp3) is 0.600. The van der Waals surface area contributed by atoms with E-state index in [9.17, 15) is 0 Å². The van der Waals surface area contributed by atoms with Crippen LogP contribution in [0.25, 0.3) is 0 Å². The SMILES string of the molecule is C[CH-]C.[CH2-]C.[Y].[Y]. The van der Waals surface area contributed by atoms with Crippen molar-refractivity contribution in [1.82, 2.24) is 0 Å². The molecule has 0 nitrogen and oxygen atoms in total. The van der Waals surface area contributed by atoms with Gasteiger partial charge in [-0.1, -0.05) is 0 Å². The van der Waals surface area contributed by atoms with Gasteiger partial charge < -0.3 is 13.3 Å². The summed E-state index contributed by atoms with van der Waals surface area (Å²) in [6.45, 7) is 9.00. The van der Waals surface area contributed by atoms with Gasteiger partial charge in [-0.05, 0) is 0 Å². The molecule has 0 atom stereocenters. The van der Waals surface area contributed by atoms with Crippen LogP contribution >= 0.6 is 0 Å². The molecular weight excluding hydrogens is 238 g/mol. The van der Waals surface area contributed by atoms with Crippen LogP contribution in [0.1, 0.15) is 20.8 Å². The summed E-state index contributed by atoms with van der Waals surface area (Å²) in [6, 6.07) is 0. The summed E-state index contributed by atoms with van der Waals surface area (Å²) >= 11 is 0. The predicted molar refractivity (Wildman–Crippen MR) is 26.7 cm³/mol. The Balaban J connectivity index is -0.0000000105. The Kier molecular flexibility index (Phi) is 135. The molecule has 0 heterocycles. The first-order valence-electron chi connectivity index (χ1n) is 1.86. The Hall–Kier alpha value is 2.21. The topological polar surface area (TPSA) is 0 Å². The molecule has 0 spiro atoms. The third-order valence-electron chi connectivity index (χ3n) is 0. The molecule has 0 aromatic carbocycles.